The molecule has 3 aliphatic heterocycles. The quantitative estimate of drug-likeness (QED) is 0.851. The normalized spacial score (nSPS) is 26.3. The molecule has 0 spiro atoms. The van der Waals surface area contributed by atoms with Crippen molar-refractivity contribution in [3.8, 4) is 0 Å². The van der Waals surface area contributed by atoms with Gasteiger partial charge in [0.15, 0.2) is 5.11 Å². The minimum absolute atomic E-state index is 0.131. The van der Waals surface area contributed by atoms with E-state index in [-0.39, 0.29) is 18.1 Å². The zero-order valence-electron chi connectivity index (χ0n) is 13.3. The van der Waals surface area contributed by atoms with Crippen molar-refractivity contribution in [2.75, 3.05) is 13.2 Å². The lowest BCUT2D eigenvalue weighted by molar-refractivity contribution is -0.129. The van der Waals surface area contributed by atoms with Gasteiger partial charge in [0, 0.05) is 29.6 Å². The van der Waals surface area contributed by atoms with E-state index in [1.807, 2.05) is 12.1 Å². The number of nitrogens with one attached hydrogen (secondary N) is 1. The largest absolute Gasteiger partial charge is 0.376 e. The summed E-state index contributed by atoms with van der Waals surface area (Å²) in [5.74, 6) is 0.131. The molecule has 2 aromatic rings. The van der Waals surface area contributed by atoms with Crippen LogP contribution in [0.25, 0.3) is 10.9 Å². The van der Waals surface area contributed by atoms with Crippen LogP contribution in [0.15, 0.2) is 24.3 Å². The Bertz CT molecular complexity index is 840. The predicted molar refractivity (Wildman–Crippen MR) is 94.6 cm³/mol. The van der Waals surface area contributed by atoms with E-state index < -0.39 is 0 Å². The molecule has 2 unspecified atom stereocenters. The van der Waals surface area contributed by atoms with E-state index >= 15 is 0 Å². The highest BCUT2D eigenvalue weighted by Gasteiger charge is 2.46. The Hall–Kier alpha value is -1.92. The molecule has 1 aromatic heterocycles. The van der Waals surface area contributed by atoms with E-state index in [0.717, 1.165) is 31.4 Å². The number of aromatic amines is 1. The summed E-state index contributed by atoms with van der Waals surface area (Å²) in [6.07, 6.45) is 2.94. The lowest BCUT2D eigenvalue weighted by Crippen LogP contribution is -2.39. The van der Waals surface area contributed by atoms with Crippen LogP contribution >= 0.6 is 12.2 Å². The van der Waals surface area contributed by atoms with Gasteiger partial charge < -0.3 is 14.6 Å². The molecule has 2 saturated heterocycles. The maximum atomic E-state index is 12.9. The summed E-state index contributed by atoms with van der Waals surface area (Å²) in [5, 5.41) is 1.88. The molecule has 4 heterocycles. The topological polar surface area (TPSA) is 48.6 Å². The highest BCUT2D eigenvalue weighted by molar-refractivity contribution is 7.80. The Morgan fingerprint density at radius 3 is 3.04 bits per heavy atom. The van der Waals surface area contributed by atoms with Crippen molar-refractivity contribution in [3.05, 3.63) is 35.5 Å². The number of rotatable bonds is 2. The second kappa shape index (κ2) is 5.29. The van der Waals surface area contributed by atoms with Gasteiger partial charge in [0.25, 0.3) is 5.91 Å². The van der Waals surface area contributed by atoms with Gasteiger partial charge in [-0.1, -0.05) is 18.2 Å². The van der Waals surface area contributed by atoms with Gasteiger partial charge in [-0.15, -0.1) is 0 Å². The molecule has 3 aliphatic rings. The molecule has 2 atom stereocenters. The summed E-state index contributed by atoms with van der Waals surface area (Å²) < 4.78 is 5.69. The number of carbonyl (C=O) groups excluding carboxylic acids is 1. The summed E-state index contributed by atoms with van der Waals surface area (Å²) in [7, 11) is 0. The highest BCUT2D eigenvalue weighted by atomic mass is 32.1. The molecule has 1 N–H and O–H groups in total. The molecule has 5 rings (SSSR count). The van der Waals surface area contributed by atoms with Crippen molar-refractivity contribution in [2.24, 2.45) is 0 Å². The number of H-pyrrole nitrogens is 1. The number of thiocarbonyl (C=S) groups is 1. The van der Waals surface area contributed by atoms with Crippen LogP contribution in [-0.4, -0.2) is 51.1 Å². The first-order valence-electron chi connectivity index (χ1n) is 8.54. The molecule has 0 aliphatic carbocycles. The Labute approximate surface area is 145 Å². The number of hydrogen-bond acceptors (Lipinski definition) is 3. The van der Waals surface area contributed by atoms with Crippen molar-refractivity contribution in [3.63, 3.8) is 0 Å². The van der Waals surface area contributed by atoms with Crippen molar-refractivity contribution in [1.82, 2.24) is 14.8 Å². The van der Waals surface area contributed by atoms with Crippen LogP contribution in [0.5, 0.6) is 0 Å². The number of carbonyl (C=O) groups is 1. The number of hydrogen-bond donors (Lipinski definition) is 1. The lowest BCUT2D eigenvalue weighted by atomic mass is 9.97. The molecule has 24 heavy (non-hydrogen) atoms. The fourth-order valence-electron chi connectivity index (χ4n) is 4.22. The van der Waals surface area contributed by atoms with Crippen LogP contribution in [0, 0.1) is 0 Å². The second-order valence-electron chi connectivity index (χ2n) is 6.84. The van der Waals surface area contributed by atoms with Gasteiger partial charge in [-0.05, 0) is 36.7 Å². The van der Waals surface area contributed by atoms with Gasteiger partial charge >= 0.3 is 0 Å². The molecule has 2 fully saturated rings. The number of nitrogens with zero attached hydrogens (tertiary/aromatic N) is 2. The van der Waals surface area contributed by atoms with Crippen LogP contribution in [0.2, 0.25) is 0 Å². The first-order valence-corrected chi connectivity index (χ1v) is 8.95. The van der Waals surface area contributed by atoms with E-state index in [0.29, 0.717) is 18.2 Å². The van der Waals surface area contributed by atoms with Gasteiger partial charge in [0.1, 0.15) is 6.04 Å². The maximum absolute atomic E-state index is 12.9. The van der Waals surface area contributed by atoms with Crippen LogP contribution in [-0.2, 0) is 22.5 Å². The average molecular weight is 341 g/mol. The van der Waals surface area contributed by atoms with Crippen LogP contribution < -0.4 is 0 Å². The summed E-state index contributed by atoms with van der Waals surface area (Å²) in [6, 6.07) is 8.13. The Kier molecular flexibility index (Phi) is 3.18. The number of benzene rings is 1. The number of ether oxygens (including phenoxy) is 1. The predicted octanol–water partition coefficient (Wildman–Crippen LogP) is 2.20. The van der Waals surface area contributed by atoms with E-state index in [4.69, 9.17) is 17.0 Å². The number of para-hydroxylation sites is 1. The fraction of sp³-hybridized carbons (Fsp3) is 0.444. The van der Waals surface area contributed by atoms with E-state index in [9.17, 15) is 4.79 Å². The monoisotopic (exact) mass is 341 g/mol. The zero-order valence-corrected chi connectivity index (χ0v) is 14.1. The third kappa shape index (κ3) is 2.03. The highest BCUT2D eigenvalue weighted by Crippen LogP contribution is 2.34. The zero-order chi connectivity index (χ0) is 16.3. The Balaban J connectivity index is 1.46. The van der Waals surface area contributed by atoms with E-state index in [2.05, 4.69) is 22.0 Å². The molecular weight excluding hydrogens is 322 g/mol. The van der Waals surface area contributed by atoms with Crippen LogP contribution in [0.1, 0.15) is 24.1 Å². The molecule has 5 nitrogen and oxygen atoms in total. The molecule has 124 valence electrons. The van der Waals surface area contributed by atoms with Gasteiger partial charge in [0.2, 0.25) is 0 Å². The molecule has 6 heteroatoms. The molecule has 0 saturated carbocycles. The minimum Gasteiger partial charge on any atom is -0.376 e. The number of amides is 1. The molecule has 0 bridgehead atoms. The summed E-state index contributed by atoms with van der Waals surface area (Å²) in [5.41, 5.74) is 3.58. The van der Waals surface area contributed by atoms with Gasteiger partial charge in [-0.25, -0.2) is 0 Å². The first kappa shape index (κ1) is 14.4. The Morgan fingerprint density at radius 1 is 1.33 bits per heavy atom. The maximum Gasteiger partial charge on any atom is 0.251 e. The third-order valence-corrected chi connectivity index (χ3v) is 5.90. The van der Waals surface area contributed by atoms with Gasteiger partial charge in [-0.3, -0.25) is 9.69 Å². The molecule has 1 aromatic carbocycles. The SMILES string of the molecule is O=C1C2Cc3c([nH]c4ccccc34)CN2C(=S)N1CC1CCCO1. The van der Waals surface area contributed by atoms with Gasteiger partial charge in [-0.2, -0.15) is 0 Å². The van der Waals surface area contributed by atoms with Gasteiger partial charge in [0.05, 0.1) is 19.2 Å². The molecule has 0 radical (unpaired) electrons. The van der Waals surface area contributed by atoms with Crippen molar-refractivity contribution in [2.45, 2.75) is 38.0 Å². The smallest absolute Gasteiger partial charge is 0.251 e. The van der Waals surface area contributed by atoms with Crippen molar-refractivity contribution >= 4 is 34.1 Å². The number of fused-ring (bicyclic) bond motifs is 4. The molecular formula is C18H19N3O2S. The average Bonchev–Trinajstić information content (AvgIpc) is 3.28. The standard InChI is InChI=1S/C18H19N3O2S/c22-17-16-8-13-12-5-1-2-6-14(12)19-15(13)10-20(16)18(24)21(17)9-11-4-3-7-23-11/h1-2,5-6,11,16,19H,3-4,7-10H2. The van der Waals surface area contributed by atoms with Crippen molar-refractivity contribution in [1.29, 1.82) is 0 Å². The fourth-order valence-corrected chi connectivity index (χ4v) is 4.58. The summed E-state index contributed by atoms with van der Waals surface area (Å²) in [6.45, 7) is 2.07. The van der Waals surface area contributed by atoms with Crippen molar-refractivity contribution < 1.29 is 9.53 Å². The summed E-state index contributed by atoms with van der Waals surface area (Å²) >= 11 is 5.62. The van der Waals surface area contributed by atoms with Crippen LogP contribution in [0.4, 0.5) is 0 Å². The molecule has 1 amide bonds. The number of aromatic nitrogens is 1. The second-order valence-corrected chi connectivity index (χ2v) is 7.21. The first-order chi connectivity index (χ1) is 11.7. The van der Waals surface area contributed by atoms with E-state index in [1.165, 1.54) is 16.6 Å². The lowest BCUT2D eigenvalue weighted by Gasteiger charge is -2.28. The van der Waals surface area contributed by atoms with Crippen LogP contribution in [0.3, 0.4) is 0 Å². The third-order valence-electron chi connectivity index (χ3n) is 5.44. The minimum atomic E-state index is -0.161. The summed E-state index contributed by atoms with van der Waals surface area (Å²) in [4.78, 5) is 20.3. The van der Waals surface area contributed by atoms with E-state index in [1.54, 1.807) is 4.90 Å². The Morgan fingerprint density at radius 2 is 2.21 bits per heavy atom.